The molecule has 0 N–H and O–H groups in total. The molecule has 0 aliphatic heterocycles. The van der Waals surface area contributed by atoms with Crippen molar-refractivity contribution in [3.63, 3.8) is 0 Å². The van der Waals surface area contributed by atoms with Crippen LogP contribution in [0.15, 0.2) is 0 Å². The van der Waals surface area contributed by atoms with E-state index in [1.165, 1.54) is 0 Å². The standard InChI is InChI=1S/Cl2O.Fe.Zr/c1-3-2;;. The van der Waals surface area contributed by atoms with E-state index < -0.39 is 0 Å². The molecule has 0 amide bonds. The summed E-state index contributed by atoms with van der Waals surface area (Å²) < 4.78 is 3.19. The second-order valence-corrected chi connectivity index (χ2v) is 0.525. The summed E-state index contributed by atoms with van der Waals surface area (Å²) in [6.45, 7) is 0. The molecule has 0 aliphatic carbocycles. The molecule has 0 rings (SSSR count). The zero-order valence-corrected chi connectivity index (χ0v) is 7.09. The molecule has 0 radical (unpaired) electrons. The number of rotatable bonds is 0. The van der Waals surface area contributed by atoms with Crippen LogP contribution in [0, 0.1) is 0 Å². The van der Waals surface area contributed by atoms with Crippen LogP contribution in [0.1, 0.15) is 0 Å². The molecule has 5 heteroatoms. The summed E-state index contributed by atoms with van der Waals surface area (Å²) in [6.07, 6.45) is 0. The molecule has 5 heavy (non-hydrogen) atoms. The van der Waals surface area contributed by atoms with Gasteiger partial charge in [-0.2, -0.15) is 3.84 Å². The van der Waals surface area contributed by atoms with Gasteiger partial charge in [0.15, 0.2) is 0 Å². The van der Waals surface area contributed by atoms with Crippen LogP contribution >= 0.6 is 23.7 Å². The maximum absolute atomic E-state index is 4.26. The first kappa shape index (κ1) is 15.8. The van der Waals surface area contributed by atoms with Gasteiger partial charge in [-0.25, -0.2) is 0 Å². The first-order valence-electron chi connectivity index (χ1n) is 0.309. The van der Waals surface area contributed by atoms with Crippen LogP contribution in [-0.4, -0.2) is 0 Å². The smallest absolute Gasteiger partial charge is 0.0832 e. The molecular formula is Cl2FeOZr. The average Bonchev–Trinajstić information content (AvgIpc) is 0.918. The van der Waals surface area contributed by atoms with Crippen LogP contribution < -0.4 is 0 Å². The monoisotopic (exact) mass is 232 g/mol. The van der Waals surface area contributed by atoms with Crippen molar-refractivity contribution < 1.29 is 47.1 Å². The van der Waals surface area contributed by atoms with Crippen LogP contribution in [0.3, 0.4) is 0 Å². The Hall–Kier alpha value is 1.94. The van der Waals surface area contributed by atoms with Gasteiger partial charge in [-0.05, 0) is 0 Å². The minimum absolute atomic E-state index is 0. The first-order valence-corrected chi connectivity index (χ1v) is 0.926. The normalized spacial score (nSPS) is 3.60. The maximum Gasteiger partial charge on any atom is 0.0832 e. The Morgan fingerprint density at radius 3 is 1.20 bits per heavy atom. The second-order valence-electron chi connectivity index (χ2n) is 0.0583. The van der Waals surface area contributed by atoms with E-state index in [0.717, 1.165) is 0 Å². The molecule has 32 valence electrons. The van der Waals surface area contributed by atoms with Crippen molar-refractivity contribution in [2.45, 2.75) is 0 Å². The van der Waals surface area contributed by atoms with Gasteiger partial charge in [-0.3, -0.25) is 0 Å². The van der Waals surface area contributed by atoms with Gasteiger partial charge < -0.3 is 0 Å². The van der Waals surface area contributed by atoms with Crippen LogP contribution in [-0.2, 0) is 47.1 Å². The molecule has 0 saturated heterocycles. The Kier molecular flexibility index (Phi) is 52.9. The van der Waals surface area contributed by atoms with Gasteiger partial charge in [-0.1, -0.05) is 0 Å². The van der Waals surface area contributed by atoms with E-state index in [2.05, 4.69) is 27.6 Å². The van der Waals surface area contributed by atoms with Crippen LogP contribution in [0.5, 0.6) is 0 Å². The van der Waals surface area contributed by atoms with Crippen LogP contribution in [0.25, 0.3) is 0 Å². The Bertz CT molecular complexity index is 9.61. The maximum atomic E-state index is 4.26. The number of hydrogen-bond donors (Lipinski definition) is 0. The molecule has 0 aliphatic rings. The molecular weight excluding hydrogens is 234 g/mol. The van der Waals surface area contributed by atoms with E-state index in [-0.39, 0.29) is 43.3 Å². The number of halogens is 2. The summed E-state index contributed by atoms with van der Waals surface area (Å²) >= 11 is 8.53. The van der Waals surface area contributed by atoms with Crippen molar-refractivity contribution in [2.75, 3.05) is 0 Å². The summed E-state index contributed by atoms with van der Waals surface area (Å²) in [5.41, 5.74) is 0. The fourth-order valence-corrected chi connectivity index (χ4v) is 0. The third kappa shape index (κ3) is 24.5. The topological polar surface area (TPSA) is 9.23 Å². The summed E-state index contributed by atoms with van der Waals surface area (Å²) in [5.74, 6) is 0. The van der Waals surface area contributed by atoms with Crippen molar-refractivity contribution in [2.24, 2.45) is 0 Å². The minimum atomic E-state index is 0. The second kappa shape index (κ2) is 16.8. The van der Waals surface area contributed by atoms with Crippen molar-refractivity contribution in [3.8, 4) is 0 Å². The molecule has 0 bridgehead atoms. The van der Waals surface area contributed by atoms with E-state index >= 15 is 0 Å². The number of hydrogen-bond acceptors (Lipinski definition) is 1. The SMILES string of the molecule is ClOCl.[Fe].[Zr]. The Morgan fingerprint density at radius 1 is 1.20 bits per heavy atom. The van der Waals surface area contributed by atoms with Gasteiger partial charge in [0.1, 0.15) is 0 Å². The Labute approximate surface area is 70.3 Å². The van der Waals surface area contributed by atoms with Gasteiger partial charge >= 0.3 is 0 Å². The first-order chi connectivity index (χ1) is 1.41. The summed E-state index contributed by atoms with van der Waals surface area (Å²) in [7, 11) is 0. The van der Waals surface area contributed by atoms with Crippen LogP contribution in [0.2, 0.25) is 0 Å². The van der Waals surface area contributed by atoms with Crippen molar-refractivity contribution in [1.29, 1.82) is 0 Å². The van der Waals surface area contributed by atoms with Gasteiger partial charge in [0.25, 0.3) is 0 Å². The average molecular weight is 234 g/mol. The molecule has 0 unspecified atom stereocenters. The van der Waals surface area contributed by atoms with Gasteiger partial charge in [0, 0.05) is 43.3 Å². The molecule has 0 fully saturated rings. The van der Waals surface area contributed by atoms with Crippen molar-refractivity contribution in [1.82, 2.24) is 0 Å². The largest absolute Gasteiger partial charge is 0.166 e. The predicted molar refractivity (Wildman–Crippen MR) is 12.8 cm³/mol. The van der Waals surface area contributed by atoms with Crippen molar-refractivity contribution in [3.05, 3.63) is 0 Å². The van der Waals surface area contributed by atoms with Gasteiger partial charge in [0.2, 0.25) is 0 Å². The summed E-state index contributed by atoms with van der Waals surface area (Å²) in [4.78, 5) is 0. The van der Waals surface area contributed by atoms with E-state index in [9.17, 15) is 0 Å². The molecule has 0 aromatic heterocycles. The summed E-state index contributed by atoms with van der Waals surface area (Å²) in [6, 6.07) is 0. The Morgan fingerprint density at radius 2 is 1.20 bits per heavy atom. The fraction of sp³-hybridized carbons (Fsp3) is 0. The molecule has 1 nitrogen and oxygen atoms in total. The molecule has 0 aromatic rings. The van der Waals surface area contributed by atoms with E-state index in [4.69, 9.17) is 0 Å². The van der Waals surface area contributed by atoms with Gasteiger partial charge in [0.05, 0.1) is 23.7 Å². The zero-order valence-electron chi connectivity index (χ0n) is 2.02. The molecule has 0 atom stereocenters. The van der Waals surface area contributed by atoms with E-state index in [1.54, 1.807) is 0 Å². The van der Waals surface area contributed by atoms with Crippen LogP contribution in [0.4, 0.5) is 0 Å². The van der Waals surface area contributed by atoms with Crippen molar-refractivity contribution >= 4 is 23.7 Å². The van der Waals surface area contributed by atoms with E-state index in [0.29, 0.717) is 0 Å². The quantitative estimate of drug-likeness (QED) is 0.574. The third-order valence-corrected chi connectivity index (χ3v) is 0. The molecule has 0 aromatic carbocycles. The minimum Gasteiger partial charge on any atom is -0.166 e. The third-order valence-electron chi connectivity index (χ3n) is 0. The fourth-order valence-electron chi connectivity index (χ4n) is 0. The summed E-state index contributed by atoms with van der Waals surface area (Å²) in [5, 5.41) is 0. The predicted octanol–water partition coefficient (Wildman–Crippen LogP) is 1.31. The Balaban J connectivity index is -0.0000000200. The van der Waals surface area contributed by atoms with E-state index in [1.807, 2.05) is 0 Å². The molecule has 0 heterocycles. The van der Waals surface area contributed by atoms with Gasteiger partial charge in [-0.15, -0.1) is 0 Å². The zero-order chi connectivity index (χ0) is 2.71. The molecule has 0 spiro atoms. The molecule has 0 saturated carbocycles.